The minimum absolute atomic E-state index is 0.121. The van der Waals surface area contributed by atoms with Gasteiger partial charge in [0, 0.05) is 29.1 Å². The number of aromatic amines is 1. The fourth-order valence-electron chi connectivity index (χ4n) is 2.01. The highest BCUT2D eigenvalue weighted by Crippen LogP contribution is 2.29. The first kappa shape index (κ1) is 14.4. The Balaban J connectivity index is 1.94. The molecule has 0 aliphatic rings. The first-order valence-electron chi connectivity index (χ1n) is 6.68. The van der Waals surface area contributed by atoms with Crippen molar-refractivity contribution in [3.63, 3.8) is 0 Å². The Labute approximate surface area is 130 Å². The lowest BCUT2D eigenvalue weighted by molar-refractivity contribution is -0.131. The molecule has 0 saturated carbocycles. The Morgan fingerprint density at radius 3 is 2.95 bits per heavy atom. The van der Waals surface area contributed by atoms with Crippen LogP contribution < -0.4 is 0 Å². The highest BCUT2D eigenvalue weighted by atomic mass is 32.2. The van der Waals surface area contributed by atoms with Crippen LogP contribution in [0.5, 0.6) is 0 Å². The van der Waals surface area contributed by atoms with Crippen LogP contribution in [0.1, 0.15) is 18.4 Å². The van der Waals surface area contributed by atoms with E-state index in [4.69, 9.17) is 4.42 Å². The number of rotatable bonds is 5. The van der Waals surface area contributed by atoms with Crippen molar-refractivity contribution >= 4 is 34.7 Å². The fraction of sp³-hybridized carbons (Fsp3) is 0.133. The van der Waals surface area contributed by atoms with Crippen molar-refractivity contribution in [3.8, 4) is 0 Å². The summed E-state index contributed by atoms with van der Waals surface area (Å²) >= 11 is 0.947. The number of nitrogens with one attached hydrogen (secondary N) is 1. The molecule has 2 N–H and O–H groups in total. The first-order chi connectivity index (χ1) is 10.7. The van der Waals surface area contributed by atoms with E-state index < -0.39 is 5.97 Å². The number of thioether (sulfide) groups is 1. The topological polar surface area (TPSA) is 92.0 Å². The predicted octanol–water partition coefficient (Wildman–Crippen LogP) is 3.33. The third-order valence-electron chi connectivity index (χ3n) is 3.07. The second-order valence-corrected chi connectivity index (χ2v) is 5.51. The molecular formula is C15H13N3O3S. The molecule has 1 aromatic carbocycles. The van der Waals surface area contributed by atoms with E-state index in [9.17, 15) is 9.90 Å². The Morgan fingerprint density at radius 1 is 1.41 bits per heavy atom. The predicted molar refractivity (Wildman–Crippen MR) is 83.4 cm³/mol. The summed E-state index contributed by atoms with van der Waals surface area (Å²) in [6.07, 6.45) is 3.99. The third kappa shape index (κ3) is 2.89. The lowest BCUT2D eigenvalue weighted by Crippen LogP contribution is -1.96. The average Bonchev–Trinajstić information content (AvgIpc) is 3.14. The summed E-state index contributed by atoms with van der Waals surface area (Å²) in [5.74, 6) is -0.550. The third-order valence-corrected chi connectivity index (χ3v) is 3.92. The second kappa shape index (κ2) is 6.07. The quantitative estimate of drug-likeness (QED) is 0.554. The van der Waals surface area contributed by atoms with Crippen molar-refractivity contribution < 1.29 is 14.3 Å². The molecule has 0 radical (unpaired) electrons. The van der Waals surface area contributed by atoms with E-state index in [1.165, 1.54) is 0 Å². The molecule has 0 fully saturated rings. The standard InChI is InChI=1S/C15H13N3O3S/c1-2-13-17-18-15(21-13)22-12(14(19)20)7-9-8-16-11-6-4-3-5-10(9)11/h3-8,16H,2H2,1H3,(H,19,20)/b12-7-. The maximum absolute atomic E-state index is 11.5. The normalized spacial score (nSPS) is 12.0. The largest absolute Gasteiger partial charge is 0.477 e. The lowest BCUT2D eigenvalue weighted by Gasteiger charge is -1.98. The highest BCUT2D eigenvalue weighted by molar-refractivity contribution is 8.03. The summed E-state index contributed by atoms with van der Waals surface area (Å²) in [6, 6.07) is 7.70. The molecule has 2 aromatic heterocycles. The molecular weight excluding hydrogens is 302 g/mol. The number of para-hydroxylation sites is 1. The molecule has 7 heteroatoms. The molecule has 6 nitrogen and oxygen atoms in total. The monoisotopic (exact) mass is 315 g/mol. The molecule has 0 aliphatic carbocycles. The van der Waals surface area contributed by atoms with Gasteiger partial charge in [0.15, 0.2) is 0 Å². The van der Waals surface area contributed by atoms with Crippen molar-refractivity contribution in [3.05, 3.63) is 46.8 Å². The van der Waals surface area contributed by atoms with Crippen LogP contribution in [0.3, 0.4) is 0 Å². The van der Waals surface area contributed by atoms with Gasteiger partial charge in [-0.2, -0.15) is 0 Å². The van der Waals surface area contributed by atoms with Gasteiger partial charge in [0.05, 0.1) is 0 Å². The number of carboxylic acids is 1. The van der Waals surface area contributed by atoms with Gasteiger partial charge in [-0.15, -0.1) is 10.2 Å². The van der Waals surface area contributed by atoms with E-state index in [1.807, 2.05) is 31.2 Å². The second-order valence-electron chi connectivity index (χ2n) is 4.52. The molecule has 3 aromatic rings. The Hall–Kier alpha value is -2.54. The smallest absolute Gasteiger partial charge is 0.342 e. The van der Waals surface area contributed by atoms with Gasteiger partial charge in [-0.05, 0) is 23.9 Å². The SMILES string of the molecule is CCc1nnc(S/C(=C\c2c[nH]c3ccccc23)C(=O)O)o1. The van der Waals surface area contributed by atoms with Crippen LogP contribution in [0.2, 0.25) is 0 Å². The number of hydrogen-bond donors (Lipinski definition) is 2. The Morgan fingerprint density at radius 2 is 2.23 bits per heavy atom. The summed E-state index contributed by atoms with van der Waals surface area (Å²) in [6.45, 7) is 1.89. The Kier molecular flexibility index (Phi) is 3.97. The van der Waals surface area contributed by atoms with Crippen LogP contribution in [0.25, 0.3) is 17.0 Å². The molecule has 2 heterocycles. The van der Waals surface area contributed by atoms with Gasteiger partial charge >= 0.3 is 5.97 Å². The molecule has 0 unspecified atom stereocenters. The number of aliphatic carboxylic acids is 1. The molecule has 0 saturated heterocycles. The Bertz CT molecular complexity index is 850. The van der Waals surface area contributed by atoms with E-state index in [0.29, 0.717) is 12.3 Å². The van der Waals surface area contributed by atoms with Gasteiger partial charge in [-0.1, -0.05) is 25.1 Å². The molecule has 0 aliphatic heterocycles. The summed E-state index contributed by atoms with van der Waals surface area (Å²) < 4.78 is 5.35. The number of H-pyrrole nitrogens is 1. The number of benzene rings is 1. The van der Waals surface area contributed by atoms with E-state index in [0.717, 1.165) is 28.2 Å². The van der Waals surface area contributed by atoms with E-state index >= 15 is 0 Å². The summed E-state index contributed by atoms with van der Waals surface area (Å²) in [4.78, 5) is 14.7. The summed E-state index contributed by atoms with van der Waals surface area (Å²) in [5, 5.41) is 18.2. The van der Waals surface area contributed by atoms with Crippen molar-refractivity contribution in [1.29, 1.82) is 0 Å². The van der Waals surface area contributed by atoms with Gasteiger partial charge in [0.25, 0.3) is 5.22 Å². The van der Waals surface area contributed by atoms with Crippen LogP contribution >= 0.6 is 11.8 Å². The minimum Gasteiger partial charge on any atom is -0.477 e. The van der Waals surface area contributed by atoms with Crippen LogP contribution in [0, 0.1) is 0 Å². The molecule has 0 amide bonds. The maximum atomic E-state index is 11.5. The lowest BCUT2D eigenvalue weighted by atomic mass is 10.1. The number of nitrogens with zero attached hydrogens (tertiary/aromatic N) is 2. The average molecular weight is 315 g/mol. The van der Waals surface area contributed by atoms with Gasteiger partial charge in [-0.3, -0.25) is 0 Å². The van der Waals surface area contributed by atoms with Crippen LogP contribution in [-0.4, -0.2) is 26.3 Å². The van der Waals surface area contributed by atoms with Gasteiger partial charge in [0.2, 0.25) is 5.89 Å². The molecule has 0 atom stereocenters. The van der Waals surface area contributed by atoms with Gasteiger partial charge in [-0.25, -0.2) is 4.79 Å². The van der Waals surface area contributed by atoms with Crippen LogP contribution in [-0.2, 0) is 11.2 Å². The number of carbonyl (C=O) groups is 1. The number of aromatic nitrogens is 3. The summed E-state index contributed by atoms with van der Waals surface area (Å²) in [5.41, 5.74) is 1.75. The van der Waals surface area contributed by atoms with Crippen molar-refractivity contribution in [2.45, 2.75) is 18.6 Å². The molecule has 22 heavy (non-hydrogen) atoms. The van der Waals surface area contributed by atoms with Gasteiger partial charge in [0.1, 0.15) is 4.91 Å². The minimum atomic E-state index is -1.04. The van der Waals surface area contributed by atoms with Crippen LogP contribution in [0.15, 0.2) is 45.0 Å². The zero-order valence-corrected chi connectivity index (χ0v) is 12.6. The summed E-state index contributed by atoms with van der Waals surface area (Å²) in [7, 11) is 0. The van der Waals surface area contributed by atoms with E-state index in [-0.39, 0.29) is 10.1 Å². The van der Waals surface area contributed by atoms with Crippen LogP contribution in [0.4, 0.5) is 0 Å². The van der Waals surface area contributed by atoms with E-state index in [1.54, 1.807) is 12.3 Å². The number of aryl methyl sites for hydroxylation is 1. The van der Waals surface area contributed by atoms with E-state index in [2.05, 4.69) is 15.2 Å². The number of hydrogen-bond acceptors (Lipinski definition) is 5. The molecule has 0 spiro atoms. The van der Waals surface area contributed by atoms with Gasteiger partial charge < -0.3 is 14.5 Å². The van der Waals surface area contributed by atoms with Crippen molar-refractivity contribution in [2.24, 2.45) is 0 Å². The molecule has 3 rings (SSSR count). The molecule has 0 bridgehead atoms. The zero-order chi connectivity index (χ0) is 15.5. The number of fused-ring (bicyclic) bond motifs is 1. The fourth-order valence-corrected chi connectivity index (χ4v) is 2.69. The first-order valence-corrected chi connectivity index (χ1v) is 7.50. The van der Waals surface area contributed by atoms with Crippen molar-refractivity contribution in [1.82, 2.24) is 15.2 Å². The number of carboxylic acid groups (broad SMARTS) is 1. The van der Waals surface area contributed by atoms with Crippen molar-refractivity contribution in [2.75, 3.05) is 0 Å². The molecule has 112 valence electrons. The zero-order valence-electron chi connectivity index (χ0n) is 11.7. The highest BCUT2D eigenvalue weighted by Gasteiger charge is 2.15. The maximum Gasteiger partial charge on any atom is 0.342 e.